The Morgan fingerprint density at radius 1 is 0.515 bits per heavy atom. The fraction of sp³-hybridized carbons (Fsp3) is 0. The van der Waals surface area contributed by atoms with Crippen molar-refractivity contribution in [2.24, 2.45) is 0 Å². The molecule has 4 nitrogen and oxygen atoms in total. The van der Waals surface area contributed by atoms with Crippen LogP contribution in [0.1, 0.15) is 0 Å². The second kappa shape index (κ2) is 6.97. The minimum absolute atomic E-state index is 0.715. The van der Waals surface area contributed by atoms with E-state index in [0.717, 1.165) is 55.3 Å². The number of hydrogen-bond acceptors (Lipinski definition) is 3. The summed E-state index contributed by atoms with van der Waals surface area (Å²) in [4.78, 5) is 15.3. The van der Waals surface area contributed by atoms with Gasteiger partial charge in [0, 0.05) is 16.5 Å². The number of pyridine rings is 1. The molecule has 4 aromatic carbocycles. The van der Waals surface area contributed by atoms with Crippen LogP contribution >= 0.6 is 0 Å². The predicted octanol–water partition coefficient (Wildman–Crippen LogP) is 6.92. The van der Waals surface area contributed by atoms with Crippen LogP contribution in [0.5, 0.6) is 0 Å². The van der Waals surface area contributed by atoms with E-state index in [0.29, 0.717) is 5.82 Å². The van der Waals surface area contributed by atoms with Gasteiger partial charge in [-0.2, -0.15) is 0 Å². The highest BCUT2D eigenvalue weighted by Gasteiger charge is 2.20. The molecule has 0 aliphatic rings. The molecule has 0 aliphatic heterocycles. The summed E-state index contributed by atoms with van der Waals surface area (Å²) in [5.41, 5.74) is 7.86. The van der Waals surface area contributed by atoms with Crippen molar-refractivity contribution >= 4 is 38.5 Å². The molecule has 0 fully saturated rings. The zero-order valence-corrected chi connectivity index (χ0v) is 17.7. The van der Waals surface area contributed by atoms with E-state index in [1.807, 2.05) is 42.5 Å². The maximum atomic E-state index is 5.12. The van der Waals surface area contributed by atoms with Gasteiger partial charge >= 0.3 is 0 Å². The molecule has 154 valence electrons. The van der Waals surface area contributed by atoms with Crippen molar-refractivity contribution < 1.29 is 0 Å². The van der Waals surface area contributed by atoms with Crippen LogP contribution < -0.4 is 0 Å². The Morgan fingerprint density at radius 2 is 1.15 bits per heavy atom. The molecule has 0 aliphatic carbocycles. The van der Waals surface area contributed by atoms with Crippen LogP contribution in [-0.4, -0.2) is 19.4 Å². The molecule has 7 aromatic rings. The highest BCUT2D eigenvalue weighted by Crippen LogP contribution is 2.37. The Hall–Kier alpha value is -4.57. The van der Waals surface area contributed by atoms with Crippen LogP contribution in [-0.2, 0) is 0 Å². The summed E-state index contributed by atoms with van der Waals surface area (Å²) in [6, 6.07) is 37.2. The highest BCUT2D eigenvalue weighted by molar-refractivity contribution is 6.16. The standard InChI is InChI=1S/C29H18N4/c1-3-11-19(12-4-1)26-25-27(32-28(31-26)20-13-5-2-6-14-20)21-15-7-9-17-23(21)33-24-18-10-8-16-22(24)30-29(25)33/h1-18H. The molecule has 0 spiro atoms. The maximum absolute atomic E-state index is 5.12. The molecule has 0 N–H and O–H groups in total. The SMILES string of the molecule is c1ccc(-c2nc(-c3ccccc3)c3c(n2)c2ccccc2n2c4ccccc4nc32)cc1. The summed E-state index contributed by atoms with van der Waals surface area (Å²) in [7, 11) is 0. The molecule has 33 heavy (non-hydrogen) atoms. The van der Waals surface area contributed by atoms with E-state index in [1.165, 1.54) is 0 Å². The summed E-state index contributed by atoms with van der Waals surface area (Å²) >= 11 is 0. The average Bonchev–Trinajstić information content (AvgIpc) is 3.29. The summed E-state index contributed by atoms with van der Waals surface area (Å²) in [5.74, 6) is 0.715. The maximum Gasteiger partial charge on any atom is 0.160 e. The lowest BCUT2D eigenvalue weighted by atomic mass is 10.0. The molecule has 0 saturated heterocycles. The molecule has 3 aromatic heterocycles. The summed E-state index contributed by atoms with van der Waals surface area (Å²) in [5, 5.41) is 2.05. The van der Waals surface area contributed by atoms with E-state index in [2.05, 4.69) is 71.1 Å². The first-order valence-electron chi connectivity index (χ1n) is 11.0. The van der Waals surface area contributed by atoms with Gasteiger partial charge in [0.2, 0.25) is 0 Å². The second-order valence-corrected chi connectivity index (χ2v) is 8.13. The summed E-state index contributed by atoms with van der Waals surface area (Å²) in [6.07, 6.45) is 0. The van der Waals surface area contributed by atoms with Crippen molar-refractivity contribution in [2.45, 2.75) is 0 Å². The van der Waals surface area contributed by atoms with Gasteiger partial charge in [0.1, 0.15) is 5.65 Å². The van der Waals surface area contributed by atoms with Gasteiger partial charge in [0.25, 0.3) is 0 Å². The van der Waals surface area contributed by atoms with Crippen molar-refractivity contribution in [3.05, 3.63) is 109 Å². The number of imidazole rings is 1. The van der Waals surface area contributed by atoms with E-state index < -0.39 is 0 Å². The first-order valence-corrected chi connectivity index (χ1v) is 11.0. The van der Waals surface area contributed by atoms with Crippen LogP contribution in [0.3, 0.4) is 0 Å². The van der Waals surface area contributed by atoms with Crippen LogP contribution in [0.25, 0.3) is 61.1 Å². The molecule has 0 saturated carbocycles. The van der Waals surface area contributed by atoms with E-state index in [9.17, 15) is 0 Å². The zero-order chi connectivity index (χ0) is 21.8. The Morgan fingerprint density at radius 3 is 1.94 bits per heavy atom. The Labute approximate surface area is 189 Å². The molecular weight excluding hydrogens is 404 g/mol. The van der Waals surface area contributed by atoms with Gasteiger partial charge in [-0.05, 0) is 18.2 Å². The average molecular weight is 422 g/mol. The minimum atomic E-state index is 0.715. The molecule has 0 radical (unpaired) electrons. The Bertz CT molecular complexity index is 1800. The van der Waals surface area contributed by atoms with Gasteiger partial charge in [0.15, 0.2) is 5.82 Å². The van der Waals surface area contributed by atoms with Crippen LogP contribution in [0.2, 0.25) is 0 Å². The first-order chi connectivity index (χ1) is 16.4. The molecule has 0 unspecified atom stereocenters. The number of rotatable bonds is 2. The van der Waals surface area contributed by atoms with Gasteiger partial charge in [-0.25, -0.2) is 15.0 Å². The Balaban J connectivity index is 1.76. The molecular formula is C29H18N4. The Kier molecular flexibility index (Phi) is 3.81. The number of fused-ring (bicyclic) bond motifs is 8. The largest absolute Gasteiger partial charge is 0.292 e. The number of para-hydroxylation sites is 3. The van der Waals surface area contributed by atoms with Crippen LogP contribution in [0.4, 0.5) is 0 Å². The molecule has 7 rings (SSSR count). The van der Waals surface area contributed by atoms with Crippen molar-refractivity contribution in [1.82, 2.24) is 19.4 Å². The molecule has 0 atom stereocenters. The number of aromatic nitrogens is 4. The zero-order valence-electron chi connectivity index (χ0n) is 17.7. The van der Waals surface area contributed by atoms with Gasteiger partial charge in [-0.15, -0.1) is 0 Å². The fourth-order valence-corrected chi connectivity index (χ4v) is 4.70. The third-order valence-corrected chi connectivity index (χ3v) is 6.17. The number of nitrogens with zero attached hydrogens (tertiary/aromatic N) is 4. The lowest BCUT2D eigenvalue weighted by molar-refractivity contribution is 1.22. The normalized spacial score (nSPS) is 11.6. The van der Waals surface area contributed by atoms with E-state index in [1.54, 1.807) is 0 Å². The van der Waals surface area contributed by atoms with Crippen molar-refractivity contribution in [1.29, 1.82) is 0 Å². The minimum Gasteiger partial charge on any atom is -0.292 e. The van der Waals surface area contributed by atoms with Gasteiger partial charge < -0.3 is 0 Å². The summed E-state index contributed by atoms with van der Waals surface area (Å²) in [6.45, 7) is 0. The molecule has 0 bridgehead atoms. The van der Waals surface area contributed by atoms with Crippen molar-refractivity contribution in [3.8, 4) is 22.6 Å². The monoisotopic (exact) mass is 422 g/mol. The molecule has 0 amide bonds. The predicted molar refractivity (Wildman–Crippen MR) is 134 cm³/mol. The van der Waals surface area contributed by atoms with Crippen molar-refractivity contribution in [2.75, 3.05) is 0 Å². The topological polar surface area (TPSA) is 43.1 Å². The van der Waals surface area contributed by atoms with Gasteiger partial charge in [0.05, 0.1) is 33.1 Å². The molecule has 3 heterocycles. The van der Waals surface area contributed by atoms with Crippen molar-refractivity contribution in [3.63, 3.8) is 0 Å². The lowest BCUT2D eigenvalue weighted by Crippen LogP contribution is -2.00. The highest BCUT2D eigenvalue weighted by atomic mass is 15.0. The number of hydrogen-bond donors (Lipinski definition) is 0. The van der Waals surface area contributed by atoms with Gasteiger partial charge in [-0.3, -0.25) is 4.40 Å². The quantitative estimate of drug-likeness (QED) is 0.284. The second-order valence-electron chi connectivity index (χ2n) is 8.13. The van der Waals surface area contributed by atoms with E-state index in [4.69, 9.17) is 15.0 Å². The smallest absolute Gasteiger partial charge is 0.160 e. The third kappa shape index (κ3) is 2.68. The van der Waals surface area contributed by atoms with Gasteiger partial charge in [-0.1, -0.05) is 91.0 Å². The fourth-order valence-electron chi connectivity index (χ4n) is 4.70. The first kappa shape index (κ1) is 18.0. The van der Waals surface area contributed by atoms with E-state index >= 15 is 0 Å². The van der Waals surface area contributed by atoms with Crippen LogP contribution in [0.15, 0.2) is 109 Å². The lowest BCUT2D eigenvalue weighted by Gasteiger charge is -2.13. The third-order valence-electron chi connectivity index (χ3n) is 6.17. The number of benzene rings is 4. The van der Waals surface area contributed by atoms with E-state index in [-0.39, 0.29) is 0 Å². The molecule has 4 heteroatoms. The summed E-state index contributed by atoms with van der Waals surface area (Å²) < 4.78 is 2.24. The van der Waals surface area contributed by atoms with Crippen LogP contribution in [0, 0.1) is 0 Å².